The van der Waals surface area contributed by atoms with Crippen molar-refractivity contribution in [2.75, 3.05) is 18.5 Å². The Hall–Kier alpha value is -1.71. The van der Waals surface area contributed by atoms with Crippen molar-refractivity contribution in [3.05, 3.63) is 59.6 Å². The van der Waals surface area contributed by atoms with E-state index in [9.17, 15) is 5.11 Å². The van der Waals surface area contributed by atoms with E-state index >= 15 is 0 Å². The number of anilines is 1. The van der Waals surface area contributed by atoms with Crippen LogP contribution in [-0.2, 0) is 0 Å². The average molecular weight is 278 g/mol. The lowest BCUT2D eigenvalue weighted by molar-refractivity contribution is 0.117. The lowest BCUT2D eigenvalue weighted by Gasteiger charge is -2.14. The van der Waals surface area contributed by atoms with Gasteiger partial charge in [-0.25, -0.2) is 0 Å². The van der Waals surface area contributed by atoms with E-state index in [0.717, 1.165) is 11.4 Å². The van der Waals surface area contributed by atoms with Crippen molar-refractivity contribution < 1.29 is 9.84 Å². The molecule has 100 valence electrons. The van der Waals surface area contributed by atoms with Crippen molar-refractivity contribution in [3.63, 3.8) is 0 Å². The van der Waals surface area contributed by atoms with E-state index in [1.807, 2.05) is 48.5 Å². The number of rotatable bonds is 6. The van der Waals surface area contributed by atoms with Crippen LogP contribution in [-0.4, -0.2) is 24.4 Å². The van der Waals surface area contributed by atoms with Gasteiger partial charge in [0, 0.05) is 6.54 Å². The molecule has 0 aliphatic carbocycles. The van der Waals surface area contributed by atoms with Gasteiger partial charge in [-0.2, -0.15) is 0 Å². The van der Waals surface area contributed by atoms with Gasteiger partial charge in [-0.1, -0.05) is 41.9 Å². The smallest absolute Gasteiger partial charge is 0.119 e. The van der Waals surface area contributed by atoms with Gasteiger partial charge in [-0.05, 0) is 24.3 Å². The molecule has 1 atom stereocenters. The molecule has 0 aromatic heterocycles. The minimum atomic E-state index is -0.600. The largest absolute Gasteiger partial charge is 0.491 e. The first-order chi connectivity index (χ1) is 9.25. The number of hydrogen-bond donors (Lipinski definition) is 2. The third-order valence-electron chi connectivity index (χ3n) is 2.59. The van der Waals surface area contributed by atoms with Crippen LogP contribution in [0.15, 0.2) is 54.6 Å². The minimum Gasteiger partial charge on any atom is -0.491 e. The Balaban J connectivity index is 1.76. The van der Waals surface area contributed by atoms with Crippen molar-refractivity contribution in [3.8, 4) is 5.75 Å². The van der Waals surface area contributed by atoms with E-state index in [2.05, 4.69) is 5.32 Å². The number of para-hydroxylation sites is 2. The first kappa shape index (κ1) is 13.7. The number of nitrogens with one attached hydrogen (secondary N) is 1. The molecule has 19 heavy (non-hydrogen) atoms. The molecule has 0 radical (unpaired) electrons. The Morgan fingerprint density at radius 2 is 1.74 bits per heavy atom. The summed E-state index contributed by atoms with van der Waals surface area (Å²) in [5.74, 6) is 0.749. The maximum atomic E-state index is 9.83. The van der Waals surface area contributed by atoms with Crippen LogP contribution in [0.1, 0.15) is 0 Å². The van der Waals surface area contributed by atoms with Crippen LogP contribution < -0.4 is 10.1 Å². The molecule has 2 rings (SSSR count). The molecule has 2 aromatic rings. The third kappa shape index (κ3) is 4.47. The fourth-order valence-electron chi connectivity index (χ4n) is 1.60. The first-order valence-electron chi connectivity index (χ1n) is 6.10. The van der Waals surface area contributed by atoms with Crippen molar-refractivity contribution in [1.29, 1.82) is 0 Å². The summed E-state index contributed by atoms with van der Waals surface area (Å²) >= 11 is 6.01. The predicted molar refractivity (Wildman–Crippen MR) is 77.9 cm³/mol. The molecule has 4 heteroatoms. The number of ether oxygens (including phenoxy) is 1. The van der Waals surface area contributed by atoms with Gasteiger partial charge in [0.25, 0.3) is 0 Å². The highest BCUT2D eigenvalue weighted by Crippen LogP contribution is 2.20. The predicted octanol–water partition coefficient (Wildman–Crippen LogP) is 3.19. The number of halogens is 1. The minimum absolute atomic E-state index is 0.238. The highest BCUT2D eigenvalue weighted by Gasteiger charge is 2.06. The van der Waals surface area contributed by atoms with Crippen LogP contribution in [0.4, 0.5) is 5.69 Å². The van der Waals surface area contributed by atoms with Gasteiger partial charge in [-0.15, -0.1) is 0 Å². The zero-order valence-corrected chi connectivity index (χ0v) is 11.2. The summed E-state index contributed by atoms with van der Waals surface area (Å²) in [6.07, 6.45) is -0.600. The second-order valence-electron chi connectivity index (χ2n) is 4.14. The van der Waals surface area contributed by atoms with Gasteiger partial charge in [-0.3, -0.25) is 0 Å². The zero-order valence-electron chi connectivity index (χ0n) is 10.4. The highest BCUT2D eigenvalue weighted by atomic mass is 35.5. The highest BCUT2D eigenvalue weighted by molar-refractivity contribution is 6.33. The maximum Gasteiger partial charge on any atom is 0.119 e. The molecule has 2 N–H and O–H groups in total. The summed E-state index contributed by atoms with van der Waals surface area (Å²) in [5, 5.41) is 13.6. The van der Waals surface area contributed by atoms with E-state index in [0.29, 0.717) is 11.6 Å². The van der Waals surface area contributed by atoms with Gasteiger partial charge < -0.3 is 15.2 Å². The van der Waals surface area contributed by atoms with E-state index < -0.39 is 6.10 Å². The van der Waals surface area contributed by atoms with Crippen LogP contribution in [0, 0.1) is 0 Å². The molecule has 0 saturated carbocycles. The Bertz CT molecular complexity index is 505. The van der Waals surface area contributed by atoms with Crippen LogP contribution >= 0.6 is 11.6 Å². The maximum absolute atomic E-state index is 9.83. The zero-order chi connectivity index (χ0) is 13.5. The summed E-state index contributed by atoms with van der Waals surface area (Å²) < 4.78 is 5.46. The lowest BCUT2D eigenvalue weighted by Crippen LogP contribution is -2.26. The number of aliphatic hydroxyl groups is 1. The number of aliphatic hydroxyl groups excluding tert-OH is 1. The Kier molecular flexibility index (Phi) is 5.07. The average Bonchev–Trinajstić information content (AvgIpc) is 2.45. The molecule has 0 aliphatic rings. The summed E-state index contributed by atoms with van der Waals surface area (Å²) in [4.78, 5) is 0. The molecule has 3 nitrogen and oxygen atoms in total. The summed E-state index contributed by atoms with van der Waals surface area (Å²) in [5.41, 5.74) is 0.808. The van der Waals surface area contributed by atoms with Crippen LogP contribution in [0.3, 0.4) is 0 Å². The molecule has 1 unspecified atom stereocenters. The van der Waals surface area contributed by atoms with Crippen LogP contribution in [0.5, 0.6) is 5.75 Å². The standard InChI is InChI=1S/C15H16ClNO2/c16-14-8-4-5-9-15(14)17-10-12(18)11-19-13-6-2-1-3-7-13/h1-9,12,17-18H,10-11H2. The lowest BCUT2D eigenvalue weighted by atomic mass is 10.3. The summed E-state index contributed by atoms with van der Waals surface area (Å²) in [7, 11) is 0. The fourth-order valence-corrected chi connectivity index (χ4v) is 1.80. The Labute approximate surface area is 117 Å². The van der Waals surface area contributed by atoms with Crippen molar-refractivity contribution >= 4 is 17.3 Å². The number of benzene rings is 2. The second kappa shape index (κ2) is 7.02. The van der Waals surface area contributed by atoms with Crippen LogP contribution in [0.2, 0.25) is 5.02 Å². The first-order valence-corrected chi connectivity index (χ1v) is 6.48. The van der Waals surface area contributed by atoms with Crippen molar-refractivity contribution in [2.45, 2.75) is 6.10 Å². The van der Waals surface area contributed by atoms with Gasteiger partial charge in [0.1, 0.15) is 18.5 Å². The number of hydrogen-bond acceptors (Lipinski definition) is 3. The topological polar surface area (TPSA) is 41.5 Å². The Morgan fingerprint density at radius 1 is 1.05 bits per heavy atom. The van der Waals surface area contributed by atoms with Crippen molar-refractivity contribution in [1.82, 2.24) is 0 Å². The van der Waals surface area contributed by atoms with E-state index in [1.165, 1.54) is 0 Å². The van der Waals surface area contributed by atoms with Gasteiger partial charge in [0.05, 0.1) is 10.7 Å². The van der Waals surface area contributed by atoms with E-state index in [4.69, 9.17) is 16.3 Å². The Morgan fingerprint density at radius 3 is 2.47 bits per heavy atom. The quantitative estimate of drug-likeness (QED) is 0.852. The van der Waals surface area contributed by atoms with E-state index in [-0.39, 0.29) is 6.61 Å². The van der Waals surface area contributed by atoms with Gasteiger partial charge in [0.15, 0.2) is 0 Å². The summed E-state index contributed by atoms with van der Waals surface area (Å²) in [6.45, 7) is 0.623. The van der Waals surface area contributed by atoms with E-state index in [1.54, 1.807) is 6.07 Å². The van der Waals surface area contributed by atoms with Crippen LogP contribution in [0.25, 0.3) is 0 Å². The normalized spacial score (nSPS) is 11.9. The molecule has 0 heterocycles. The molecule has 0 amide bonds. The summed E-state index contributed by atoms with van der Waals surface area (Å²) in [6, 6.07) is 16.8. The SMILES string of the molecule is OC(CNc1ccccc1Cl)COc1ccccc1. The van der Waals surface area contributed by atoms with Gasteiger partial charge in [0.2, 0.25) is 0 Å². The molecular weight excluding hydrogens is 262 g/mol. The molecule has 0 saturated heterocycles. The second-order valence-corrected chi connectivity index (χ2v) is 4.55. The molecule has 0 fully saturated rings. The molecule has 0 bridgehead atoms. The molecule has 0 spiro atoms. The van der Waals surface area contributed by atoms with Gasteiger partial charge >= 0.3 is 0 Å². The third-order valence-corrected chi connectivity index (χ3v) is 2.92. The molecule has 2 aromatic carbocycles. The molecular formula is C15H16ClNO2. The molecule has 0 aliphatic heterocycles. The van der Waals surface area contributed by atoms with Crippen molar-refractivity contribution in [2.24, 2.45) is 0 Å². The fraction of sp³-hybridized carbons (Fsp3) is 0.200. The monoisotopic (exact) mass is 277 g/mol.